The molecule has 2 N–H and O–H groups in total. The maximum Gasteiger partial charge on any atom is 0.152 e. The van der Waals surface area contributed by atoms with Crippen molar-refractivity contribution in [2.24, 2.45) is 5.16 Å². The highest BCUT2D eigenvalue weighted by Crippen LogP contribution is 2.27. The van der Waals surface area contributed by atoms with Crippen LogP contribution in [0.15, 0.2) is 23.5 Å². The number of nitrogen functional groups attached to an aromatic ring is 1. The topological polar surface area (TPSA) is 100 Å². The SMILES string of the molecule is CCCc1nc2c(N)nc3cccnc3c2n1CCOCCON=C(C)C. The van der Waals surface area contributed by atoms with Gasteiger partial charge in [-0.05, 0) is 32.4 Å². The fourth-order valence-electron chi connectivity index (χ4n) is 2.95. The van der Waals surface area contributed by atoms with Crippen molar-refractivity contribution in [2.45, 2.75) is 40.2 Å². The first-order valence-corrected chi connectivity index (χ1v) is 9.22. The van der Waals surface area contributed by atoms with Crippen molar-refractivity contribution in [3.05, 3.63) is 24.2 Å². The van der Waals surface area contributed by atoms with Crippen LogP contribution in [0.3, 0.4) is 0 Å². The van der Waals surface area contributed by atoms with Crippen molar-refractivity contribution in [1.82, 2.24) is 19.5 Å². The summed E-state index contributed by atoms with van der Waals surface area (Å²) in [6.45, 7) is 8.02. The second-order valence-corrected chi connectivity index (χ2v) is 6.48. The summed E-state index contributed by atoms with van der Waals surface area (Å²) < 4.78 is 7.86. The fraction of sp³-hybridized carbons (Fsp3) is 0.474. The third kappa shape index (κ3) is 4.33. The second kappa shape index (κ2) is 8.77. The molecule has 0 saturated heterocycles. The van der Waals surface area contributed by atoms with Crippen LogP contribution >= 0.6 is 0 Å². The Morgan fingerprint density at radius 3 is 2.81 bits per heavy atom. The van der Waals surface area contributed by atoms with E-state index in [9.17, 15) is 0 Å². The van der Waals surface area contributed by atoms with Crippen molar-refractivity contribution in [3.63, 3.8) is 0 Å². The second-order valence-electron chi connectivity index (χ2n) is 6.48. The van der Waals surface area contributed by atoms with Gasteiger partial charge in [-0.1, -0.05) is 12.1 Å². The summed E-state index contributed by atoms with van der Waals surface area (Å²) in [5, 5.41) is 3.89. The van der Waals surface area contributed by atoms with E-state index in [1.54, 1.807) is 6.20 Å². The van der Waals surface area contributed by atoms with Gasteiger partial charge in [-0.2, -0.15) is 0 Å². The highest BCUT2D eigenvalue weighted by atomic mass is 16.6. The molecule has 8 nitrogen and oxygen atoms in total. The molecule has 0 bridgehead atoms. The predicted molar refractivity (Wildman–Crippen MR) is 107 cm³/mol. The monoisotopic (exact) mass is 370 g/mol. The predicted octanol–water partition coefficient (Wildman–Crippen LogP) is 2.94. The smallest absolute Gasteiger partial charge is 0.152 e. The molecule has 0 aromatic carbocycles. The Morgan fingerprint density at radius 1 is 1.19 bits per heavy atom. The number of pyridine rings is 2. The summed E-state index contributed by atoms with van der Waals surface area (Å²) in [5.41, 5.74) is 10.3. The first-order valence-electron chi connectivity index (χ1n) is 9.22. The van der Waals surface area contributed by atoms with Crippen LogP contribution in [0.1, 0.15) is 33.0 Å². The molecule has 0 unspecified atom stereocenters. The minimum atomic E-state index is 0.430. The number of imidazole rings is 1. The molecule has 3 aromatic rings. The Kier molecular flexibility index (Phi) is 6.18. The van der Waals surface area contributed by atoms with Crippen LogP contribution in [-0.2, 0) is 22.5 Å². The van der Waals surface area contributed by atoms with E-state index in [2.05, 4.69) is 26.6 Å². The molecule has 0 atom stereocenters. The van der Waals surface area contributed by atoms with Gasteiger partial charge in [-0.15, -0.1) is 0 Å². The normalized spacial score (nSPS) is 11.2. The highest BCUT2D eigenvalue weighted by molar-refractivity contribution is 6.04. The summed E-state index contributed by atoms with van der Waals surface area (Å²) >= 11 is 0. The van der Waals surface area contributed by atoms with Crippen molar-refractivity contribution in [3.8, 4) is 0 Å². The summed E-state index contributed by atoms with van der Waals surface area (Å²) in [6, 6.07) is 3.77. The minimum Gasteiger partial charge on any atom is -0.393 e. The van der Waals surface area contributed by atoms with Gasteiger partial charge in [0.1, 0.15) is 29.0 Å². The van der Waals surface area contributed by atoms with Crippen LogP contribution in [0.25, 0.3) is 22.1 Å². The van der Waals surface area contributed by atoms with Gasteiger partial charge >= 0.3 is 0 Å². The molecule has 0 spiro atoms. The fourth-order valence-corrected chi connectivity index (χ4v) is 2.95. The third-order valence-electron chi connectivity index (χ3n) is 4.04. The first kappa shape index (κ1) is 19.0. The number of oxime groups is 1. The van der Waals surface area contributed by atoms with Gasteiger partial charge in [0.25, 0.3) is 0 Å². The number of hydrogen-bond donors (Lipinski definition) is 1. The Bertz CT molecular complexity index is 946. The summed E-state index contributed by atoms with van der Waals surface area (Å²) in [5.74, 6) is 1.41. The van der Waals surface area contributed by atoms with Crippen LogP contribution in [0.4, 0.5) is 5.82 Å². The van der Waals surface area contributed by atoms with E-state index >= 15 is 0 Å². The quantitative estimate of drug-likeness (QED) is 0.353. The zero-order valence-electron chi connectivity index (χ0n) is 16.1. The van der Waals surface area contributed by atoms with Crippen LogP contribution in [0.5, 0.6) is 0 Å². The highest BCUT2D eigenvalue weighted by Gasteiger charge is 2.17. The molecule has 0 saturated carbocycles. The number of nitrogens with two attached hydrogens (primary N) is 1. The maximum atomic E-state index is 6.16. The van der Waals surface area contributed by atoms with Gasteiger partial charge in [0, 0.05) is 19.2 Å². The molecule has 8 heteroatoms. The molecule has 27 heavy (non-hydrogen) atoms. The van der Waals surface area contributed by atoms with Gasteiger partial charge < -0.3 is 19.9 Å². The lowest BCUT2D eigenvalue weighted by atomic mass is 10.2. The molecular weight excluding hydrogens is 344 g/mol. The average molecular weight is 370 g/mol. The van der Waals surface area contributed by atoms with Gasteiger partial charge in [-0.3, -0.25) is 4.98 Å². The molecule has 0 amide bonds. The molecule has 0 fully saturated rings. The van der Waals surface area contributed by atoms with Crippen molar-refractivity contribution >= 4 is 33.6 Å². The van der Waals surface area contributed by atoms with Crippen LogP contribution in [-0.4, -0.2) is 45.1 Å². The number of aromatic nitrogens is 4. The van der Waals surface area contributed by atoms with E-state index in [1.807, 2.05) is 26.0 Å². The maximum absolute atomic E-state index is 6.16. The number of rotatable bonds is 9. The van der Waals surface area contributed by atoms with E-state index in [4.69, 9.17) is 20.3 Å². The zero-order chi connectivity index (χ0) is 19.2. The zero-order valence-corrected chi connectivity index (χ0v) is 16.1. The molecule has 3 heterocycles. The standard InChI is InChI=1S/C19H26N6O2/c1-4-6-15-23-17-18(16-14(22-19(17)20)7-5-8-21-16)25(15)9-10-26-11-12-27-24-13(2)3/h5,7-8H,4,6,9-12H2,1-3H3,(H2,20,22). The Labute approximate surface area is 158 Å². The molecule has 0 radical (unpaired) electrons. The van der Waals surface area contributed by atoms with Gasteiger partial charge in [0.05, 0.1) is 24.4 Å². The van der Waals surface area contributed by atoms with E-state index < -0.39 is 0 Å². The lowest BCUT2D eigenvalue weighted by Crippen LogP contribution is -2.12. The Morgan fingerprint density at radius 2 is 2.04 bits per heavy atom. The summed E-state index contributed by atoms with van der Waals surface area (Å²) in [6.07, 6.45) is 3.61. The van der Waals surface area contributed by atoms with E-state index in [-0.39, 0.29) is 0 Å². The first-order chi connectivity index (χ1) is 13.1. The average Bonchev–Trinajstić information content (AvgIpc) is 3.00. The lowest BCUT2D eigenvalue weighted by molar-refractivity contribution is 0.0476. The van der Waals surface area contributed by atoms with Gasteiger partial charge in [-0.25, -0.2) is 9.97 Å². The van der Waals surface area contributed by atoms with Crippen molar-refractivity contribution < 1.29 is 9.57 Å². The minimum absolute atomic E-state index is 0.430. The number of hydrogen-bond acceptors (Lipinski definition) is 7. The van der Waals surface area contributed by atoms with Crippen LogP contribution < -0.4 is 5.73 Å². The Hall–Kier alpha value is -2.74. The molecular formula is C19H26N6O2. The molecule has 0 aliphatic carbocycles. The summed E-state index contributed by atoms with van der Waals surface area (Å²) in [7, 11) is 0. The summed E-state index contributed by atoms with van der Waals surface area (Å²) in [4.78, 5) is 18.8. The number of ether oxygens (including phenoxy) is 1. The largest absolute Gasteiger partial charge is 0.393 e. The third-order valence-corrected chi connectivity index (χ3v) is 4.04. The number of nitrogens with zero attached hydrogens (tertiary/aromatic N) is 5. The van der Waals surface area contributed by atoms with Crippen molar-refractivity contribution in [2.75, 3.05) is 25.6 Å². The van der Waals surface area contributed by atoms with E-state index in [0.29, 0.717) is 37.7 Å². The molecule has 3 aromatic heterocycles. The molecule has 0 aliphatic heterocycles. The van der Waals surface area contributed by atoms with Crippen LogP contribution in [0, 0.1) is 0 Å². The van der Waals surface area contributed by atoms with Gasteiger partial charge in [0.2, 0.25) is 0 Å². The molecule has 144 valence electrons. The van der Waals surface area contributed by atoms with Gasteiger partial charge in [0.15, 0.2) is 5.82 Å². The molecule has 3 rings (SSSR count). The number of fused-ring (bicyclic) bond motifs is 3. The van der Waals surface area contributed by atoms with E-state index in [0.717, 1.165) is 40.9 Å². The lowest BCUT2D eigenvalue weighted by Gasteiger charge is -2.10. The molecule has 0 aliphatic rings. The van der Waals surface area contributed by atoms with Crippen LogP contribution in [0.2, 0.25) is 0 Å². The number of aryl methyl sites for hydroxylation is 1. The number of anilines is 1. The van der Waals surface area contributed by atoms with E-state index in [1.165, 1.54) is 0 Å². The van der Waals surface area contributed by atoms with Crippen molar-refractivity contribution in [1.29, 1.82) is 0 Å². The Balaban J connectivity index is 1.82.